The largest absolute Gasteiger partial charge is 0.513 e. The smallest absolute Gasteiger partial charge is 0.462 e. The third-order valence-corrected chi connectivity index (χ3v) is 14.4. The van der Waals surface area contributed by atoms with Crippen LogP contribution in [0.1, 0.15) is 83.1 Å². The Morgan fingerprint density at radius 3 is 0.830 bits per heavy atom. The Labute approximate surface area is 504 Å². The number of benzene rings is 5. The van der Waals surface area contributed by atoms with Gasteiger partial charge in [0.25, 0.3) is 0 Å². The number of esters is 4. The van der Waals surface area contributed by atoms with Crippen LogP contribution >= 0.6 is 33.6 Å². The lowest BCUT2D eigenvalue weighted by molar-refractivity contribution is -0.149. The highest BCUT2D eigenvalue weighted by Gasteiger charge is 2.40. The summed E-state index contributed by atoms with van der Waals surface area (Å²) in [6, 6.07) is 18.4. The predicted molar refractivity (Wildman–Crippen MR) is 300 cm³/mol. The van der Waals surface area contributed by atoms with Gasteiger partial charge in [0.1, 0.15) is 41.4 Å². The second-order valence-corrected chi connectivity index (χ2v) is 24.9. The molecule has 0 heterocycles. The number of carbonyl (C=O) groups is 4. The van der Waals surface area contributed by atoms with Crippen molar-refractivity contribution in [3.8, 4) is 28.7 Å². The van der Waals surface area contributed by atoms with Gasteiger partial charge in [-0.2, -0.15) is 27.7 Å². The van der Waals surface area contributed by atoms with E-state index in [4.69, 9.17) is 49.5 Å². The second kappa shape index (κ2) is 35.3. The molecule has 0 spiro atoms. The average Bonchev–Trinajstić information content (AvgIpc) is 1.23. The van der Waals surface area contributed by atoms with Crippen LogP contribution in [0.5, 0.6) is 28.7 Å². The molecule has 34 heteroatoms. The molecule has 0 fully saturated rings. The van der Waals surface area contributed by atoms with Crippen LogP contribution in [0.15, 0.2) is 91.0 Å². The molecular formula is C54H64ClF10N4O16P3. The van der Waals surface area contributed by atoms with E-state index in [9.17, 15) is 76.8 Å². The summed E-state index contributed by atoms with van der Waals surface area (Å²) in [4.78, 5) is 46.1. The first-order valence-corrected chi connectivity index (χ1v) is 31.4. The van der Waals surface area contributed by atoms with Gasteiger partial charge in [-0.05, 0) is 119 Å². The molecule has 0 amide bonds. The maximum Gasteiger partial charge on any atom is 0.513 e. The van der Waals surface area contributed by atoms with Gasteiger partial charge in [-0.25, -0.2) is 45.1 Å². The fraction of sp³-hybridized carbons (Fsp3) is 0.370. The zero-order valence-corrected chi connectivity index (χ0v) is 52.3. The first-order valence-electron chi connectivity index (χ1n) is 25.8. The van der Waals surface area contributed by atoms with Crippen molar-refractivity contribution in [1.82, 2.24) is 15.3 Å². The lowest BCUT2D eigenvalue weighted by Crippen LogP contribution is -2.37. The number of halogens is 11. The number of nitrogens with two attached hydrogens (primary N) is 1. The van der Waals surface area contributed by atoms with E-state index in [0.29, 0.717) is 5.75 Å². The van der Waals surface area contributed by atoms with Crippen molar-refractivity contribution in [2.75, 3.05) is 0 Å². The van der Waals surface area contributed by atoms with Crippen LogP contribution in [0.4, 0.5) is 43.9 Å². The summed E-state index contributed by atoms with van der Waals surface area (Å²) in [7, 11) is -9.82. The molecule has 88 heavy (non-hydrogen) atoms. The van der Waals surface area contributed by atoms with Gasteiger partial charge in [0.05, 0.1) is 24.4 Å². The third-order valence-electron chi connectivity index (χ3n) is 9.56. The van der Waals surface area contributed by atoms with Crippen molar-refractivity contribution >= 4 is 57.5 Å². The number of ether oxygens (including phenoxy) is 4. The molecule has 7 atom stereocenters. The van der Waals surface area contributed by atoms with E-state index in [1.165, 1.54) is 97.0 Å². The number of rotatable bonds is 24. The van der Waals surface area contributed by atoms with Crippen molar-refractivity contribution in [3.05, 3.63) is 149 Å². The van der Waals surface area contributed by atoms with Gasteiger partial charge in [0.15, 0.2) is 0 Å². The van der Waals surface area contributed by atoms with E-state index in [1.807, 2.05) is 0 Å². The zero-order valence-electron chi connectivity index (χ0n) is 48.9. The summed E-state index contributed by atoms with van der Waals surface area (Å²) in [5, 5.41) is 6.57. The van der Waals surface area contributed by atoms with Gasteiger partial charge in [-0.15, -0.1) is 0 Å². The van der Waals surface area contributed by atoms with Gasteiger partial charge in [0, 0.05) is 11.2 Å². The number of para-hydroxylation sites is 3. The SMILES string of the molecule is CC(C)OC(=O)[C@H](C)N.CC(C)OC(=O)[C@H](C)NP(=O)(Cl)Oc1ccccc1.CC(C)OC(=O)[C@H](C)NP(=O)(Oc1ccccc1)Oc1c(F)c(F)c(F)c(F)c1F.CC(C)OC(=O)[C@H](C)N[P@](=O)(Oc1ccccc1)Oc1c(F)c(F)c(F)c(F)c1F. The first-order chi connectivity index (χ1) is 40.7. The van der Waals surface area contributed by atoms with Crippen LogP contribution in [0, 0.1) is 58.2 Å². The predicted octanol–water partition coefficient (Wildman–Crippen LogP) is 13.4. The van der Waals surface area contributed by atoms with Crippen molar-refractivity contribution in [1.29, 1.82) is 0 Å². The summed E-state index contributed by atoms with van der Waals surface area (Å²) >= 11 is 5.76. The van der Waals surface area contributed by atoms with E-state index in [0.717, 1.165) is 0 Å². The van der Waals surface area contributed by atoms with E-state index >= 15 is 0 Å². The molecule has 5 rings (SSSR count). The van der Waals surface area contributed by atoms with E-state index in [-0.39, 0.29) is 29.7 Å². The first kappa shape index (κ1) is 77.2. The Bertz CT molecular complexity index is 3060. The molecule has 0 aromatic heterocycles. The van der Waals surface area contributed by atoms with Crippen molar-refractivity contribution in [3.63, 3.8) is 0 Å². The molecule has 5 N–H and O–H groups in total. The molecule has 0 aliphatic rings. The Hall–Kier alpha value is -6.90. The maximum absolute atomic E-state index is 14.0. The summed E-state index contributed by atoms with van der Waals surface area (Å²) in [6.07, 6.45) is -1.41. The number of hydrogen-bond acceptors (Lipinski definition) is 17. The van der Waals surface area contributed by atoms with Crippen LogP contribution in [0.25, 0.3) is 0 Å². The fourth-order valence-electron chi connectivity index (χ4n) is 5.80. The minimum absolute atomic E-state index is 0.0662. The minimum Gasteiger partial charge on any atom is -0.462 e. The van der Waals surface area contributed by atoms with Gasteiger partial charge < -0.3 is 47.3 Å². The van der Waals surface area contributed by atoms with Crippen LogP contribution < -0.4 is 43.6 Å². The average molecular weight is 1340 g/mol. The molecule has 0 bridgehead atoms. The molecule has 2 unspecified atom stereocenters. The summed E-state index contributed by atoms with van der Waals surface area (Å²) in [6.45, 7) is 15.0. The zero-order chi connectivity index (χ0) is 67.2. The Kier molecular flexibility index (Phi) is 31.0. The van der Waals surface area contributed by atoms with Crippen LogP contribution in [-0.2, 0) is 51.8 Å². The highest BCUT2D eigenvalue weighted by molar-refractivity contribution is 7.84. The van der Waals surface area contributed by atoms with E-state index < -0.39 is 146 Å². The molecule has 20 nitrogen and oxygen atoms in total. The van der Waals surface area contributed by atoms with Gasteiger partial charge in [-0.1, -0.05) is 54.6 Å². The fourth-order valence-corrected chi connectivity index (χ4v) is 10.5. The van der Waals surface area contributed by atoms with E-state index in [1.54, 1.807) is 77.1 Å². The standard InChI is InChI=1S/2C18H17F5NO5P.C12H17ClNO4P.C6H13NO2/c2*1-9(2)27-18(25)10(3)24-30(26,28-11-7-5-4-6-8-11)29-17-15(22)13(20)12(19)14(21)16(17)23;1-9(2)17-12(15)10(3)14-19(13,16)18-11-7-5-4-6-8-11;1-4(2)9-6(8)5(3)7/h2*4-10H,1-3H3,(H,24,26);4-10H,1-3H3,(H,14,16);4-5H,7H2,1-3H3/t10-,30?;10-,30-;10-,19?;5-/m0000/s1. The molecule has 0 saturated carbocycles. The molecule has 5 aromatic carbocycles. The Balaban J connectivity index is 0.000000429. The molecule has 0 saturated heterocycles. The molecule has 488 valence electrons. The monoisotopic (exact) mass is 1340 g/mol. The minimum atomic E-state index is -4.91. The lowest BCUT2D eigenvalue weighted by atomic mass is 10.3. The summed E-state index contributed by atoms with van der Waals surface area (Å²) in [5.74, 6) is -29.8. The summed E-state index contributed by atoms with van der Waals surface area (Å²) < 4.78 is 219. The van der Waals surface area contributed by atoms with Gasteiger partial charge >= 0.3 is 46.2 Å². The van der Waals surface area contributed by atoms with Crippen molar-refractivity contribution < 1.29 is 118 Å². The molecule has 5 aromatic rings. The molecule has 0 radical (unpaired) electrons. The quantitative estimate of drug-likeness (QED) is 0.0112. The van der Waals surface area contributed by atoms with Gasteiger partial charge in [-0.3, -0.25) is 19.2 Å². The summed E-state index contributed by atoms with van der Waals surface area (Å²) in [5.41, 5.74) is 5.21. The van der Waals surface area contributed by atoms with Gasteiger partial charge in [0.2, 0.25) is 69.7 Å². The topological polar surface area (TPSA) is 265 Å². The highest BCUT2D eigenvalue weighted by Crippen LogP contribution is 2.50. The molecule has 0 aliphatic heterocycles. The maximum atomic E-state index is 14.0. The van der Waals surface area contributed by atoms with Crippen molar-refractivity contribution in [2.45, 2.75) is 132 Å². The van der Waals surface area contributed by atoms with Crippen LogP contribution in [-0.4, -0.2) is 72.5 Å². The number of nitrogens with one attached hydrogen (secondary N) is 3. The van der Waals surface area contributed by atoms with Crippen LogP contribution in [0.2, 0.25) is 0 Å². The number of carbonyl (C=O) groups excluding carboxylic acids is 4. The number of hydrogen-bond donors (Lipinski definition) is 4. The lowest BCUT2D eigenvalue weighted by Gasteiger charge is -2.24. The Morgan fingerprint density at radius 2 is 0.591 bits per heavy atom. The highest BCUT2D eigenvalue weighted by atomic mass is 35.7. The van der Waals surface area contributed by atoms with Crippen LogP contribution in [0.3, 0.4) is 0 Å². The van der Waals surface area contributed by atoms with E-state index in [2.05, 4.69) is 24.3 Å². The third kappa shape index (κ3) is 25.7. The molecular weight excluding hydrogens is 1280 g/mol. The molecule has 0 aliphatic carbocycles. The van der Waals surface area contributed by atoms with Crippen molar-refractivity contribution in [2.24, 2.45) is 5.73 Å². The Morgan fingerprint density at radius 1 is 0.364 bits per heavy atom. The normalized spacial score (nSPS) is 14.4. The second-order valence-electron chi connectivity index (χ2n) is 19.0.